The van der Waals surface area contributed by atoms with Crippen molar-refractivity contribution < 1.29 is 22.7 Å². The maximum absolute atomic E-state index is 13.9. The van der Waals surface area contributed by atoms with Crippen LogP contribution in [0.5, 0.6) is 0 Å². The van der Waals surface area contributed by atoms with Gasteiger partial charge in [0.05, 0.1) is 25.0 Å². The Balaban J connectivity index is 1.59. The number of aliphatic hydroxyl groups excluding tert-OH is 1. The van der Waals surface area contributed by atoms with Crippen LogP contribution in [-0.2, 0) is 21.2 Å². The zero-order chi connectivity index (χ0) is 30.0. The van der Waals surface area contributed by atoms with Crippen molar-refractivity contribution in [3.63, 3.8) is 0 Å². The minimum atomic E-state index is -4.26. The van der Waals surface area contributed by atoms with Gasteiger partial charge in [-0.25, -0.2) is 8.42 Å². The smallest absolute Gasteiger partial charge is 0.245 e. The van der Waals surface area contributed by atoms with Crippen LogP contribution in [0.1, 0.15) is 43.4 Å². The van der Waals surface area contributed by atoms with E-state index in [4.69, 9.17) is 0 Å². The number of benzene rings is 2. The number of alkyl halides is 1. The molecule has 0 spiro atoms. The van der Waals surface area contributed by atoms with Crippen LogP contribution in [0, 0.1) is 5.92 Å². The molecule has 4 N–H and O–H groups in total. The summed E-state index contributed by atoms with van der Waals surface area (Å²) in [6.45, 7) is 2.97. The number of aromatic nitrogens is 1. The van der Waals surface area contributed by atoms with E-state index < -0.39 is 22.1 Å². The molecular formula is C31H40FN5O4S. The van der Waals surface area contributed by atoms with Crippen molar-refractivity contribution in [1.82, 2.24) is 14.6 Å². The van der Waals surface area contributed by atoms with Gasteiger partial charge in [-0.05, 0) is 67.9 Å². The van der Waals surface area contributed by atoms with Gasteiger partial charge in [-0.2, -0.15) is 4.72 Å². The summed E-state index contributed by atoms with van der Waals surface area (Å²) < 4.78 is 43.3. The summed E-state index contributed by atoms with van der Waals surface area (Å²) in [6.07, 6.45) is 5.01. The number of amides is 1. The fraction of sp³-hybridized carbons (Fsp3) is 0.419. The van der Waals surface area contributed by atoms with Crippen LogP contribution in [0.4, 0.5) is 15.8 Å². The van der Waals surface area contributed by atoms with Crippen molar-refractivity contribution in [2.45, 2.75) is 49.6 Å². The lowest BCUT2D eigenvalue weighted by Crippen LogP contribution is -2.46. The highest BCUT2D eigenvalue weighted by molar-refractivity contribution is 7.89. The van der Waals surface area contributed by atoms with Gasteiger partial charge in [-0.15, -0.1) is 0 Å². The van der Waals surface area contributed by atoms with Crippen LogP contribution in [0.15, 0.2) is 78.0 Å². The number of halogens is 1. The number of nitrogens with one attached hydrogen (secondary N) is 3. The van der Waals surface area contributed by atoms with Crippen molar-refractivity contribution in [3.8, 4) is 0 Å². The Morgan fingerprint density at radius 1 is 1.10 bits per heavy atom. The predicted molar refractivity (Wildman–Crippen MR) is 162 cm³/mol. The van der Waals surface area contributed by atoms with Crippen molar-refractivity contribution in [2.24, 2.45) is 5.92 Å². The van der Waals surface area contributed by atoms with Gasteiger partial charge in [0.15, 0.2) is 0 Å². The second kappa shape index (κ2) is 15.1. The molecule has 2 atom stereocenters. The monoisotopic (exact) mass is 597 g/mol. The van der Waals surface area contributed by atoms with Gasteiger partial charge in [0, 0.05) is 37.7 Å². The summed E-state index contributed by atoms with van der Waals surface area (Å²) in [5.74, 6) is -0.142. The van der Waals surface area contributed by atoms with E-state index >= 15 is 0 Å². The lowest BCUT2D eigenvalue weighted by atomic mass is 9.93. The van der Waals surface area contributed by atoms with E-state index in [9.17, 15) is 22.7 Å². The third-order valence-electron chi connectivity index (χ3n) is 7.57. The number of carbonyl (C=O) groups excluding carboxylic acids is 1. The first-order chi connectivity index (χ1) is 20.3. The fourth-order valence-corrected chi connectivity index (χ4v) is 6.54. The van der Waals surface area contributed by atoms with Crippen LogP contribution in [0.3, 0.4) is 0 Å². The molecule has 42 heavy (non-hydrogen) atoms. The fourth-order valence-electron chi connectivity index (χ4n) is 5.25. The molecule has 226 valence electrons. The van der Waals surface area contributed by atoms with Crippen LogP contribution < -0.4 is 15.4 Å². The first-order valence-electron chi connectivity index (χ1n) is 14.4. The first kappa shape index (κ1) is 31.4. The van der Waals surface area contributed by atoms with Gasteiger partial charge in [-0.1, -0.05) is 42.5 Å². The number of rotatable bonds is 14. The maximum Gasteiger partial charge on any atom is 0.245 e. The number of hydrogen-bond donors (Lipinski definition) is 4. The van der Waals surface area contributed by atoms with E-state index in [2.05, 4.69) is 20.3 Å². The summed E-state index contributed by atoms with van der Waals surface area (Å²) in [5.41, 5.74) is 2.62. The van der Waals surface area contributed by atoms with E-state index in [1.165, 1.54) is 12.4 Å². The van der Waals surface area contributed by atoms with Gasteiger partial charge in [0.1, 0.15) is 10.9 Å². The molecule has 0 aliphatic carbocycles. The molecule has 1 fully saturated rings. The molecule has 2 heterocycles. The van der Waals surface area contributed by atoms with E-state index in [-0.39, 0.29) is 35.7 Å². The lowest BCUT2D eigenvalue weighted by Gasteiger charge is -2.34. The Morgan fingerprint density at radius 3 is 2.45 bits per heavy atom. The SMILES string of the molecule is CCNc1ccc([C@H](NS(=O)(=O)c2cnccc2N[C@H](CO)Cc2ccccc2)C(=O)N2CCC(CCF)CC2)cc1. The van der Waals surface area contributed by atoms with Crippen LogP contribution >= 0.6 is 0 Å². The van der Waals surface area contributed by atoms with Crippen molar-refractivity contribution >= 4 is 27.3 Å². The van der Waals surface area contributed by atoms with Gasteiger partial charge in [0.2, 0.25) is 15.9 Å². The standard InChI is InChI=1S/C31H40FN5O4S/c1-2-34-26-10-8-25(9-11-26)30(31(39)37-18-14-23(12-16-32)15-19-37)36-42(40,41)29-21-33-17-13-28(29)35-27(22-38)20-24-6-4-3-5-7-24/h3-11,13,17,21,23,27,30,34,36,38H,2,12,14-16,18-20,22H2,1H3,(H,33,35)/t27-,30-/m0/s1. The molecule has 0 bridgehead atoms. The average molecular weight is 598 g/mol. The number of pyridine rings is 1. The number of sulfonamides is 1. The molecule has 1 amide bonds. The Bertz CT molecular complexity index is 1380. The van der Waals surface area contributed by atoms with E-state index in [0.717, 1.165) is 17.8 Å². The Morgan fingerprint density at radius 2 is 1.81 bits per heavy atom. The van der Waals surface area contributed by atoms with Crippen LogP contribution in [0.2, 0.25) is 0 Å². The number of likely N-dealkylation sites (tertiary alicyclic amines) is 1. The molecule has 2 aromatic carbocycles. The Hall–Kier alpha value is -3.54. The molecule has 0 radical (unpaired) electrons. The number of nitrogens with zero attached hydrogens (tertiary/aromatic N) is 2. The van der Waals surface area contributed by atoms with Gasteiger partial charge >= 0.3 is 0 Å². The Kier molecular flexibility index (Phi) is 11.3. The Labute approximate surface area is 247 Å². The van der Waals surface area contributed by atoms with Crippen LogP contribution in [0.25, 0.3) is 0 Å². The molecule has 3 aromatic rings. The van der Waals surface area contributed by atoms with E-state index in [0.29, 0.717) is 44.3 Å². The van der Waals surface area contributed by atoms with E-state index in [1.807, 2.05) is 49.4 Å². The number of hydrogen-bond acceptors (Lipinski definition) is 7. The second-order valence-corrected chi connectivity index (χ2v) is 12.2. The number of aliphatic hydroxyl groups is 1. The van der Waals surface area contributed by atoms with Crippen molar-refractivity contribution in [3.05, 3.63) is 84.2 Å². The highest BCUT2D eigenvalue weighted by atomic mass is 32.2. The maximum atomic E-state index is 13.9. The number of anilines is 2. The number of carbonyl (C=O) groups is 1. The quantitative estimate of drug-likeness (QED) is 0.220. The van der Waals surface area contributed by atoms with Gasteiger partial charge < -0.3 is 20.6 Å². The third-order valence-corrected chi connectivity index (χ3v) is 9.02. The van der Waals surface area contributed by atoms with Crippen molar-refractivity contribution in [2.75, 3.05) is 43.5 Å². The number of piperidine rings is 1. The minimum Gasteiger partial charge on any atom is -0.394 e. The molecular weight excluding hydrogens is 557 g/mol. The lowest BCUT2D eigenvalue weighted by molar-refractivity contribution is -0.134. The highest BCUT2D eigenvalue weighted by Gasteiger charge is 2.34. The summed E-state index contributed by atoms with van der Waals surface area (Å²) >= 11 is 0. The van der Waals surface area contributed by atoms with Gasteiger partial charge in [-0.3, -0.25) is 14.2 Å². The molecule has 9 nitrogen and oxygen atoms in total. The molecule has 0 unspecified atom stereocenters. The average Bonchev–Trinajstić information content (AvgIpc) is 3.01. The highest BCUT2D eigenvalue weighted by Crippen LogP contribution is 2.28. The second-order valence-electron chi connectivity index (χ2n) is 10.5. The third kappa shape index (κ3) is 8.27. The summed E-state index contributed by atoms with van der Waals surface area (Å²) in [5, 5.41) is 16.4. The summed E-state index contributed by atoms with van der Waals surface area (Å²) in [6, 6.07) is 16.6. The van der Waals surface area contributed by atoms with E-state index in [1.54, 1.807) is 23.1 Å². The molecule has 1 aromatic heterocycles. The summed E-state index contributed by atoms with van der Waals surface area (Å²) in [4.78, 5) is 19.4. The van der Waals surface area contributed by atoms with Crippen molar-refractivity contribution in [1.29, 1.82) is 0 Å². The van der Waals surface area contributed by atoms with Crippen LogP contribution in [-0.4, -0.2) is 68.3 Å². The topological polar surface area (TPSA) is 124 Å². The molecule has 0 saturated carbocycles. The molecule has 1 aliphatic heterocycles. The zero-order valence-corrected chi connectivity index (χ0v) is 24.7. The molecule has 1 saturated heterocycles. The first-order valence-corrected chi connectivity index (χ1v) is 15.9. The van der Waals surface area contributed by atoms with Gasteiger partial charge in [0.25, 0.3) is 0 Å². The zero-order valence-electron chi connectivity index (χ0n) is 23.9. The summed E-state index contributed by atoms with van der Waals surface area (Å²) in [7, 11) is -4.26. The predicted octanol–water partition coefficient (Wildman–Crippen LogP) is 4.15. The largest absolute Gasteiger partial charge is 0.394 e. The molecule has 1 aliphatic rings. The molecule has 11 heteroatoms. The minimum absolute atomic E-state index is 0.125. The molecule has 4 rings (SSSR count). The normalized spacial score (nSPS) is 15.6.